The Bertz CT molecular complexity index is 294. The molecule has 1 N–H and O–H groups in total. The monoisotopic (exact) mass is 227 g/mol. The van der Waals surface area contributed by atoms with Gasteiger partial charge in [0, 0.05) is 45.5 Å². The molecule has 1 aromatic rings. The number of thioether (sulfide) groups is 1. The van der Waals surface area contributed by atoms with Gasteiger partial charge in [0.25, 0.3) is 0 Å². The summed E-state index contributed by atoms with van der Waals surface area (Å²) in [6.45, 7) is 5.71. The summed E-state index contributed by atoms with van der Waals surface area (Å²) in [4.78, 5) is 6.67. The fourth-order valence-corrected chi connectivity index (χ4v) is 2.50. The number of nitrogens with one attached hydrogen (secondary N) is 1. The highest BCUT2D eigenvalue weighted by molar-refractivity contribution is 7.99. The van der Waals surface area contributed by atoms with Crippen LogP contribution in [0.1, 0.15) is 0 Å². The van der Waals surface area contributed by atoms with Crippen molar-refractivity contribution in [3.63, 3.8) is 0 Å². The van der Waals surface area contributed by atoms with Crippen LogP contribution < -0.4 is 5.32 Å². The van der Waals surface area contributed by atoms with Gasteiger partial charge in [-0.25, -0.2) is 9.67 Å². The molecule has 1 aliphatic rings. The van der Waals surface area contributed by atoms with Crippen LogP contribution in [0.5, 0.6) is 0 Å². The zero-order valence-electron chi connectivity index (χ0n) is 9.02. The van der Waals surface area contributed by atoms with Gasteiger partial charge in [-0.05, 0) is 0 Å². The fourth-order valence-electron chi connectivity index (χ4n) is 1.62. The van der Waals surface area contributed by atoms with Gasteiger partial charge in [0.15, 0.2) is 5.16 Å². The lowest BCUT2D eigenvalue weighted by Gasteiger charge is -2.26. The normalized spacial score (nSPS) is 18.2. The van der Waals surface area contributed by atoms with Crippen molar-refractivity contribution in [2.45, 2.75) is 5.16 Å². The van der Waals surface area contributed by atoms with Crippen molar-refractivity contribution >= 4 is 11.8 Å². The minimum Gasteiger partial charge on any atom is -0.314 e. The minimum atomic E-state index is 1.00. The highest BCUT2D eigenvalue weighted by Crippen LogP contribution is 2.12. The standard InChI is InChI=1S/C9H17N5S/c1-13-9(11-8-12-13)15-7-6-14-4-2-10-3-5-14/h8,10H,2-7H2,1H3. The number of piperazine rings is 1. The average molecular weight is 227 g/mol. The van der Waals surface area contributed by atoms with E-state index in [1.807, 2.05) is 11.7 Å². The van der Waals surface area contributed by atoms with Crippen LogP contribution in [0.2, 0.25) is 0 Å². The summed E-state index contributed by atoms with van der Waals surface area (Å²) in [5, 5.41) is 8.40. The van der Waals surface area contributed by atoms with Crippen molar-refractivity contribution < 1.29 is 0 Å². The third-order valence-electron chi connectivity index (χ3n) is 2.52. The molecule has 15 heavy (non-hydrogen) atoms. The summed E-state index contributed by atoms with van der Waals surface area (Å²) in [6.07, 6.45) is 1.60. The molecule has 0 aromatic carbocycles. The predicted octanol–water partition coefficient (Wildman–Crippen LogP) is -0.188. The molecule has 0 radical (unpaired) electrons. The lowest BCUT2D eigenvalue weighted by Crippen LogP contribution is -2.44. The van der Waals surface area contributed by atoms with E-state index in [4.69, 9.17) is 0 Å². The Morgan fingerprint density at radius 2 is 2.27 bits per heavy atom. The highest BCUT2D eigenvalue weighted by Gasteiger charge is 2.09. The van der Waals surface area contributed by atoms with E-state index in [1.165, 1.54) is 13.1 Å². The number of nitrogens with zero attached hydrogens (tertiary/aromatic N) is 4. The van der Waals surface area contributed by atoms with Gasteiger partial charge < -0.3 is 5.32 Å². The summed E-state index contributed by atoms with van der Waals surface area (Å²) in [5.74, 6) is 1.09. The summed E-state index contributed by atoms with van der Waals surface area (Å²) in [6, 6.07) is 0. The molecular formula is C9H17N5S. The smallest absolute Gasteiger partial charge is 0.185 e. The molecule has 1 aromatic heterocycles. The Hall–Kier alpha value is -0.590. The first kappa shape index (κ1) is 10.9. The maximum absolute atomic E-state index is 4.18. The third kappa shape index (κ3) is 3.19. The van der Waals surface area contributed by atoms with Crippen molar-refractivity contribution in [3.05, 3.63) is 6.33 Å². The quantitative estimate of drug-likeness (QED) is 0.723. The minimum absolute atomic E-state index is 1.00. The summed E-state index contributed by atoms with van der Waals surface area (Å²) >= 11 is 1.77. The van der Waals surface area contributed by atoms with Crippen LogP contribution >= 0.6 is 11.8 Å². The van der Waals surface area contributed by atoms with Crippen LogP contribution in [0.4, 0.5) is 0 Å². The molecular weight excluding hydrogens is 210 g/mol. The van der Waals surface area contributed by atoms with E-state index in [-0.39, 0.29) is 0 Å². The molecule has 0 bridgehead atoms. The Kier molecular flexibility index (Phi) is 3.99. The second-order valence-corrected chi connectivity index (χ2v) is 4.67. The van der Waals surface area contributed by atoms with Crippen molar-refractivity contribution in [1.29, 1.82) is 0 Å². The molecule has 0 saturated carbocycles. The van der Waals surface area contributed by atoms with Crippen LogP contribution in [-0.2, 0) is 7.05 Å². The number of hydrogen-bond donors (Lipinski definition) is 1. The molecule has 0 atom stereocenters. The lowest BCUT2D eigenvalue weighted by atomic mass is 10.4. The second-order valence-electron chi connectivity index (χ2n) is 3.61. The molecule has 84 valence electrons. The number of hydrogen-bond acceptors (Lipinski definition) is 5. The van der Waals surface area contributed by atoms with Crippen LogP contribution in [0.25, 0.3) is 0 Å². The summed E-state index contributed by atoms with van der Waals surface area (Å²) < 4.78 is 1.82. The largest absolute Gasteiger partial charge is 0.314 e. The molecule has 2 rings (SSSR count). The van der Waals surface area contributed by atoms with Gasteiger partial charge in [-0.2, -0.15) is 5.10 Å². The molecule has 0 spiro atoms. The maximum Gasteiger partial charge on any atom is 0.185 e. The molecule has 2 heterocycles. The SMILES string of the molecule is Cn1ncnc1SCCN1CCNCC1. The zero-order chi connectivity index (χ0) is 10.5. The van der Waals surface area contributed by atoms with E-state index in [9.17, 15) is 0 Å². The van der Waals surface area contributed by atoms with Gasteiger partial charge in [-0.1, -0.05) is 11.8 Å². The van der Waals surface area contributed by atoms with Crippen LogP contribution in [-0.4, -0.2) is 58.1 Å². The van der Waals surface area contributed by atoms with Gasteiger partial charge in [-0.15, -0.1) is 0 Å². The molecule has 5 nitrogen and oxygen atoms in total. The first-order chi connectivity index (χ1) is 7.36. The Morgan fingerprint density at radius 3 is 2.93 bits per heavy atom. The lowest BCUT2D eigenvalue weighted by molar-refractivity contribution is 0.255. The van der Waals surface area contributed by atoms with E-state index in [1.54, 1.807) is 18.1 Å². The first-order valence-corrected chi connectivity index (χ1v) is 6.25. The van der Waals surface area contributed by atoms with E-state index in [0.29, 0.717) is 0 Å². The summed E-state index contributed by atoms with van der Waals surface area (Å²) in [7, 11) is 1.93. The number of rotatable bonds is 4. The van der Waals surface area contributed by atoms with Gasteiger partial charge in [0.1, 0.15) is 6.33 Å². The predicted molar refractivity (Wildman–Crippen MR) is 61.0 cm³/mol. The molecule has 0 aliphatic carbocycles. The Labute approximate surface area is 94.2 Å². The third-order valence-corrected chi connectivity index (χ3v) is 3.53. The van der Waals surface area contributed by atoms with E-state index < -0.39 is 0 Å². The van der Waals surface area contributed by atoms with Gasteiger partial charge >= 0.3 is 0 Å². The first-order valence-electron chi connectivity index (χ1n) is 5.26. The Morgan fingerprint density at radius 1 is 1.47 bits per heavy atom. The maximum atomic E-state index is 4.18. The highest BCUT2D eigenvalue weighted by atomic mass is 32.2. The topological polar surface area (TPSA) is 46.0 Å². The van der Waals surface area contributed by atoms with E-state index >= 15 is 0 Å². The van der Waals surface area contributed by atoms with Gasteiger partial charge in [0.05, 0.1) is 0 Å². The molecule has 1 fully saturated rings. The zero-order valence-corrected chi connectivity index (χ0v) is 9.83. The van der Waals surface area contributed by atoms with Crippen molar-refractivity contribution in [3.8, 4) is 0 Å². The molecule has 1 saturated heterocycles. The Balaban J connectivity index is 1.68. The number of aromatic nitrogens is 3. The van der Waals surface area contributed by atoms with Gasteiger partial charge in [0.2, 0.25) is 0 Å². The van der Waals surface area contributed by atoms with Crippen molar-refractivity contribution in [2.75, 3.05) is 38.5 Å². The number of aryl methyl sites for hydroxylation is 1. The van der Waals surface area contributed by atoms with E-state index in [2.05, 4.69) is 20.3 Å². The van der Waals surface area contributed by atoms with Crippen LogP contribution in [0.15, 0.2) is 11.5 Å². The molecule has 0 amide bonds. The molecule has 0 unspecified atom stereocenters. The van der Waals surface area contributed by atoms with Gasteiger partial charge in [-0.3, -0.25) is 4.90 Å². The van der Waals surface area contributed by atoms with Crippen LogP contribution in [0.3, 0.4) is 0 Å². The fraction of sp³-hybridized carbons (Fsp3) is 0.778. The summed E-state index contributed by atoms with van der Waals surface area (Å²) in [5.41, 5.74) is 0. The molecule has 1 aliphatic heterocycles. The second kappa shape index (κ2) is 5.48. The molecule has 6 heteroatoms. The average Bonchev–Trinajstić information content (AvgIpc) is 2.66. The van der Waals surface area contributed by atoms with Crippen LogP contribution in [0, 0.1) is 0 Å². The van der Waals surface area contributed by atoms with Crippen molar-refractivity contribution in [2.24, 2.45) is 7.05 Å². The van der Waals surface area contributed by atoms with Crippen molar-refractivity contribution in [1.82, 2.24) is 25.0 Å². The van der Waals surface area contributed by atoms with E-state index in [0.717, 1.165) is 30.5 Å².